The number of fused-ring (bicyclic) bond motifs is 2. The second kappa shape index (κ2) is 6.17. The monoisotopic (exact) mass is 345 g/mol. The van der Waals surface area contributed by atoms with Gasteiger partial charge in [-0.15, -0.1) is 0 Å². The molecule has 0 radical (unpaired) electrons. The van der Waals surface area contributed by atoms with Crippen LogP contribution >= 0.6 is 0 Å². The van der Waals surface area contributed by atoms with Gasteiger partial charge in [0.15, 0.2) is 0 Å². The number of likely N-dealkylation sites (N-methyl/N-ethyl adjacent to an activating group) is 1. The molecular weight excluding hydrogens is 318 g/mol. The molecule has 2 unspecified atom stereocenters. The lowest BCUT2D eigenvalue weighted by Crippen LogP contribution is -2.34. The third-order valence-electron chi connectivity index (χ3n) is 6.43. The van der Waals surface area contributed by atoms with Gasteiger partial charge in [0.1, 0.15) is 0 Å². The van der Waals surface area contributed by atoms with Crippen LogP contribution in [0, 0.1) is 0 Å². The molecule has 0 spiro atoms. The highest BCUT2D eigenvalue weighted by Crippen LogP contribution is 2.40. The standard InChI is InChI=1S/C23H27N3/c1-16-20-14-18(26-11-5-6-12-26)9-10-19(20)21(15-25(16)2)23-13-17-7-3-4-8-22(17)24-23/h3-4,7-10,13-14,16,21,24H,5-6,11-12,15H2,1-2H3. The van der Waals surface area contributed by atoms with Crippen molar-refractivity contribution >= 4 is 16.6 Å². The Bertz CT molecular complexity index is 903. The third kappa shape index (κ3) is 2.53. The average Bonchev–Trinajstić information content (AvgIpc) is 3.33. The van der Waals surface area contributed by atoms with Gasteiger partial charge in [-0.1, -0.05) is 24.3 Å². The van der Waals surface area contributed by atoms with Crippen LogP contribution in [0.4, 0.5) is 5.69 Å². The molecule has 2 atom stereocenters. The number of aromatic nitrogens is 1. The van der Waals surface area contributed by atoms with E-state index < -0.39 is 0 Å². The molecule has 2 aromatic carbocycles. The molecule has 3 heteroatoms. The van der Waals surface area contributed by atoms with E-state index in [0.29, 0.717) is 12.0 Å². The van der Waals surface area contributed by atoms with E-state index in [1.54, 1.807) is 0 Å². The molecule has 0 aliphatic carbocycles. The topological polar surface area (TPSA) is 22.3 Å². The zero-order valence-corrected chi connectivity index (χ0v) is 15.7. The second-order valence-electron chi connectivity index (χ2n) is 7.99. The number of para-hydroxylation sites is 1. The largest absolute Gasteiger partial charge is 0.372 e. The van der Waals surface area contributed by atoms with Crippen LogP contribution in [0.15, 0.2) is 48.5 Å². The first-order chi connectivity index (χ1) is 12.7. The van der Waals surface area contributed by atoms with Gasteiger partial charge in [0.05, 0.1) is 0 Å². The molecule has 134 valence electrons. The van der Waals surface area contributed by atoms with Gasteiger partial charge in [-0.05, 0) is 67.6 Å². The zero-order chi connectivity index (χ0) is 17.7. The first-order valence-electron chi connectivity index (χ1n) is 9.87. The molecule has 5 rings (SSSR count). The van der Waals surface area contributed by atoms with Crippen molar-refractivity contribution in [3.8, 4) is 0 Å². The lowest BCUT2D eigenvalue weighted by atomic mass is 9.84. The second-order valence-corrected chi connectivity index (χ2v) is 7.99. The van der Waals surface area contributed by atoms with Crippen molar-refractivity contribution in [3.63, 3.8) is 0 Å². The Morgan fingerprint density at radius 1 is 0.962 bits per heavy atom. The van der Waals surface area contributed by atoms with Gasteiger partial charge in [-0.25, -0.2) is 0 Å². The van der Waals surface area contributed by atoms with Crippen molar-refractivity contribution in [3.05, 3.63) is 65.4 Å². The van der Waals surface area contributed by atoms with Gasteiger partial charge >= 0.3 is 0 Å². The highest BCUT2D eigenvalue weighted by atomic mass is 15.2. The van der Waals surface area contributed by atoms with Crippen LogP contribution in [0.2, 0.25) is 0 Å². The van der Waals surface area contributed by atoms with Gasteiger partial charge < -0.3 is 9.88 Å². The van der Waals surface area contributed by atoms with Crippen molar-refractivity contribution in [2.24, 2.45) is 0 Å². The van der Waals surface area contributed by atoms with Gasteiger partial charge in [0.2, 0.25) is 0 Å². The summed E-state index contributed by atoms with van der Waals surface area (Å²) >= 11 is 0. The predicted octanol–water partition coefficient (Wildman–Crippen LogP) is 4.91. The molecule has 3 heterocycles. The molecule has 1 saturated heterocycles. The Kier molecular flexibility index (Phi) is 3.79. The van der Waals surface area contributed by atoms with Crippen LogP contribution in [0.3, 0.4) is 0 Å². The summed E-state index contributed by atoms with van der Waals surface area (Å²) in [6.07, 6.45) is 2.65. The Hall–Kier alpha value is -2.26. The minimum Gasteiger partial charge on any atom is -0.372 e. The summed E-state index contributed by atoms with van der Waals surface area (Å²) in [6.45, 7) is 5.81. The van der Waals surface area contributed by atoms with Crippen molar-refractivity contribution in [1.82, 2.24) is 9.88 Å². The lowest BCUT2D eigenvalue weighted by molar-refractivity contribution is 0.233. The zero-order valence-electron chi connectivity index (χ0n) is 15.7. The Balaban J connectivity index is 1.59. The van der Waals surface area contributed by atoms with E-state index in [2.05, 4.69) is 77.3 Å². The van der Waals surface area contributed by atoms with Crippen LogP contribution in [-0.4, -0.2) is 36.6 Å². The van der Waals surface area contributed by atoms with Crippen LogP contribution in [-0.2, 0) is 0 Å². The summed E-state index contributed by atoms with van der Waals surface area (Å²) < 4.78 is 0. The van der Waals surface area contributed by atoms with Gasteiger partial charge in [-0.3, -0.25) is 4.90 Å². The maximum atomic E-state index is 3.67. The van der Waals surface area contributed by atoms with E-state index in [4.69, 9.17) is 0 Å². The number of nitrogens with one attached hydrogen (secondary N) is 1. The molecule has 0 bridgehead atoms. The third-order valence-corrected chi connectivity index (χ3v) is 6.43. The van der Waals surface area contributed by atoms with Gasteiger partial charge in [0, 0.05) is 48.5 Å². The van der Waals surface area contributed by atoms with Crippen molar-refractivity contribution < 1.29 is 0 Å². The number of H-pyrrole nitrogens is 1. The molecule has 1 fully saturated rings. The molecular formula is C23H27N3. The minimum absolute atomic E-state index is 0.409. The summed E-state index contributed by atoms with van der Waals surface area (Å²) in [4.78, 5) is 8.71. The molecule has 0 saturated carbocycles. The summed E-state index contributed by atoms with van der Waals surface area (Å²) in [6, 6.07) is 18.6. The normalized spacial score (nSPS) is 23.5. The SMILES string of the molecule is CC1c2cc(N3CCCC3)ccc2C(c2cc3ccccc3[nH]2)CN1C. The van der Waals surface area contributed by atoms with E-state index in [-0.39, 0.29) is 0 Å². The average molecular weight is 345 g/mol. The molecule has 2 aliphatic heterocycles. The Morgan fingerprint density at radius 3 is 2.58 bits per heavy atom. The van der Waals surface area contributed by atoms with Crippen molar-refractivity contribution in [2.45, 2.75) is 31.7 Å². The Labute approximate surface area is 155 Å². The molecule has 1 aromatic heterocycles. The fourth-order valence-electron chi connectivity index (χ4n) is 4.74. The maximum absolute atomic E-state index is 3.67. The van der Waals surface area contributed by atoms with Gasteiger partial charge in [0.25, 0.3) is 0 Å². The van der Waals surface area contributed by atoms with Crippen LogP contribution in [0.5, 0.6) is 0 Å². The Morgan fingerprint density at radius 2 is 1.77 bits per heavy atom. The fraction of sp³-hybridized carbons (Fsp3) is 0.391. The van der Waals surface area contributed by atoms with E-state index in [0.717, 1.165) is 6.54 Å². The molecule has 2 aliphatic rings. The van der Waals surface area contributed by atoms with E-state index in [9.17, 15) is 0 Å². The summed E-state index contributed by atoms with van der Waals surface area (Å²) in [5, 5.41) is 1.30. The number of hydrogen-bond donors (Lipinski definition) is 1. The smallest absolute Gasteiger partial charge is 0.0456 e. The first kappa shape index (κ1) is 16.0. The predicted molar refractivity (Wildman–Crippen MR) is 109 cm³/mol. The molecule has 0 amide bonds. The lowest BCUT2D eigenvalue weighted by Gasteiger charge is -2.38. The van der Waals surface area contributed by atoms with E-state index in [1.807, 2.05) is 0 Å². The van der Waals surface area contributed by atoms with Crippen molar-refractivity contribution in [1.29, 1.82) is 0 Å². The quantitative estimate of drug-likeness (QED) is 0.713. The van der Waals surface area contributed by atoms with Crippen molar-refractivity contribution in [2.75, 3.05) is 31.6 Å². The number of anilines is 1. The minimum atomic E-state index is 0.409. The fourth-order valence-corrected chi connectivity index (χ4v) is 4.74. The molecule has 1 N–H and O–H groups in total. The number of nitrogens with zero attached hydrogens (tertiary/aromatic N) is 2. The molecule has 26 heavy (non-hydrogen) atoms. The van der Waals surface area contributed by atoms with Crippen LogP contribution < -0.4 is 4.90 Å². The number of hydrogen-bond acceptors (Lipinski definition) is 2. The van der Waals surface area contributed by atoms with Crippen LogP contribution in [0.1, 0.15) is 48.5 Å². The number of rotatable bonds is 2. The maximum Gasteiger partial charge on any atom is 0.0456 e. The summed E-state index contributed by atoms with van der Waals surface area (Å²) in [5.74, 6) is 0.409. The molecule has 3 nitrogen and oxygen atoms in total. The number of aromatic amines is 1. The summed E-state index contributed by atoms with van der Waals surface area (Å²) in [7, 11) is 2.26. The number of benzene rings is 2. The van der Waals surface area contributed by atoms with Gasteiger partial charge in [-0.2, -0.15) is 0 Å². The summed E-state index contributed by atoms with van der Waals surface area (Å²) in [5.41, 5.74) is 6.95. The van der Waals surface area contributed by atoms with E-state index in [1.165, 1.54) is 59.3 Å². The first-order valence-corrected chi connectivity index (χ1v) is 9.87. The highest BCUT2D eigenvalue weighted by molar-refractivity contribution is 5.80. The van der Waals surface area contributed by atoms with Crippen LogP contribution in [0.25, 0.3) is 10.9 Å². The van der Waals surface area contributed by atoms with E-state index >= 15 is 0 Å². The highest BCUT2D eigenvalue weighted by Gasteiger charge is 2.31. The molecule has 3 aromatic rings.